The average molecular weight is 270 g/mol. The van der Waals surface area contributed by atoms with Crippen molar-refractivity contribution in [3.05, 3.63) is 34.9 Å². The maximum Gasteiger partial charge on any atom is 0.169 e. The number of rotatable bonds is 3. The van der Waals surface area contributed by atoms with E-state index in [1.165, 1.54) is 19.1 Å². The summed E-state index contributed by atoms with van der Waals surface area (Å²) in [5, 5.41) is 0. The van der Waals surface area contributed by atoms with Crippen molar-refractivity contribution in [2.24, 2.45) is 5.92 Å². The van der Waals surface area contributed by atoms with Crippen LogP contribution < -0.4 is 0 Å². The van der Waals surface area contributed by atoms with Crippen molar-refractivity contribution in [2.75, 3.05) is 11.5 Å². The summed E-state index contributed by atoms with van der Waals surface area (Å²) >= 11 is 1.88. The van der Waals surface area contributed by atoms with Crippen LogP contribution in [0.15, 0.2) is 12.1 Å². The van der Waals surface area contributed by atoms with E-state index in [2.05, 4.69) is 0 Å². The van der Waals surface area contributed by atoms with Crippen LogP contribution in [0.3, 0.4) is 0 Å². The molecule has 0 amide bonds. The normalized spacial score (nSPS) is 16.8. The summed E-state index contributed by atoms with van der Waals surface area (Å²) in [7, 11) is 0. The molecule has 0 atom stereocenters. The van der Waals surface area contributed by atoms with Gasteiger partial charge in [0.1, 0.15) is 0 Å². The van der Waals surface area contributed by atoms with Gasteiger partial charge in [0, 0.05) is 6.42 Å². The first-order chi connectivity index (χ1) is 8.59. The van der Waals surface area contributed by atoms with Crippen LogP contribution >= 0.6 is 11.8 Å². The van der Waals surface area contributed by atoms with Gasteiger partial charge in [-0.3, -0.25) is 4.79 Å². The van der Waals surface area contributed by atoms with Gasteiger partial charge in [-0.15, -0.1) is 0 Å². The molecular formula is C14H16F2OS. The number of carbonyl (C=O) groups excluding carboxylic acids is 1. The van der Waals surface area contributed by atoms with Crippen LogP contribution in [0.1, 0.15) is 35.2 Å². The number of halogens is 2. The Hall–Kier alpha value is -0.900. The third kappa shape index (κ3) is 2.91. The lowest BCUT2D eigenvalue weighted by Gasteiger charge is -2.20. The highest BCUT2D eigenvalue weighted by atomic mass is 32.2. The van der Waals surface area contributed by atoms with Gasteiger partial charge in [0.05, 0.1) is 5.56 Å². The van der Waals surface area contributed by atoms with Crippen LogP contribution in [-0.2, 0) is 0 Å². The quantitative estimate of drug-likeness (QED) is 0.772. The lowest BCUT2D eigenvalue weighted by Crippen LogP contribution is -2.15. The summed E-state index contributed by atoms with van der Waals surface area (Å²) < 4.78 is 27.1. The third-order valence-corrected chi connectivity index (χ3v) is 4.44. The Morgan fingerprint density at radius 1 is 1.28 bits per heavy atom. The predicted molar refractivity (Wildman–Crippen MR) is 70.1 cm³/mol. The molecule has 98 valence electrons. The fourth-order valence-electron chi connectivity index (χ4n) is 2.18. The number of benzene rings is 1. The highest BCUT2D eigenvalue weighted by molar-refractivity contribution is 7.99. The molecule has 0 radical (unpaired) electrons. The molecule has 1 aliphatic rings. The second kappa shape index (κ2) is 5.83. The molecule has 0 spiro atoms. The van der Waals surface area contributed by atoms with Crippen molar-refractivity contribution in [1.29, 1.82) is 0 Å². The molecule has 1 aliphatic heterocycles. The molecule has 18 heavy (non-hydrogen) atoms. The van der Waals surface area contributed by atoms with Gasteiger partial charge in [-0.25, -0.2) is 8.78 Å². The molecule has 0 aliphatic carbocycles. The molecule has 1 heterocycles. The topological polar surface area (TPSA) is 17.1 Å². The van der Waals surface area contributed by atoms with Gasteiger partial charge < -0.3 is 0 Å². The molecular weight excluding hydrogens is 254 g/mol. The molecule has 1 aromatic rings. The van der Waals surface area contributed by atoms with E-state index in [-0.39, 0.29) is 16.9 Å². The smallest absolute Gasteiger partial charge is 0.169 e. The Morgan fingerprint density at radius 2 is 1.94 bits per heavy atom. The zero-order chi connectivity index (χ0) is 13.1. The fraction of sp³-hybridized carbons (Fsp3) is 0.500. The van der Waals surface area contributed by atoms with Gasteiger partial charge in [0.25, 0.3) is 0 Å². The summed E-state index contributed by atoms with van der Waals surface area (Å²) in [4.78, 5) is 12.0. The van der Waals surface area contributed by atoms with Crippen LogP contribution in [0.2, 0.25) is 0 Å². The Morgan fingerprint density at radius 3 is 2.61 bits per heavy atom. The number of aryl methyl sites for hydroxylation is 1. The van der Waals surface area contributed by atoms with Crippen molar-refractivity contribution >= 4 is 17.5 Å². The summed E-state index contributed by atoms with van der Waals surface area (Å²) in [6, 6.07) is 2.86. The monoisotopic (exact) mass is 270 g/mol. The number of thioether (sulfide) groups is 1. The molecule has 1 saturated heterocycles. The van der Waals surface area contributed by atoms with E-state index < -0.39 is 11.6 Å². The summed E-state index contributed by atoms with van der Waals surface area (Å²) in [5.41, 5.74) is 0.134. The number of ketones is 1. The standard InChI is InChI=1S/C14H16F2OS/c1-9-2-3-11(14(16)13(9)15)12(17)8-10-4-6-18-7-5-10/h2-3,10H,4-8H2,1H3. The first kappa shape index (κ1) is 13.5. The van der Waals surface area contributed by atoms with Crippen molar-refractivity contribution in [3.8, 4) is 0 Å². The number of hydrogen-bond donors (Lipinski definition) is 0. The zero-order valence-electron chi connectivity index (χ0n) is 10.3. The van der Waals surface area contributed by atoms with Gasteiger partial charge in [-0.05, 0) is 48.8 Å². The Kier molecular flexibility index (Phi) is 4.38. The lowest BCUT2D eigenvalue weighted by molar-refractivity contribution is 0.0953. The molecule has 0 aromatic heterocycles. The molecule has 2 rings (SSSR count). The Bertz CT molecular complexity index is 453. The minimum absolute atomic E-state index is 0.101. The van der Waals surface area contributed by atoms with Crippen LogP contribution in [0.4, 0.5) is 8.78 Å². The maximum atomic E-state index is 13.7. The van der Waals surface area contributed by atoms with Crippen LogP contribution in [0, 0.1) is 24.5 Å². The Balaban J connectivity index is 2.11. The van der Waals surface area contributed by atoms with Gasteiger partial charge in [0.2, 0.25) is 0 Å². The van der Waals surface area contributed by atoms with Crippen molar-refractivity contribution in [3.63, 3.8) is 0 Å². The minimum Gasteiger partial charge on any atom is -0.294 e. The summed E-state index contributed by atoms with van der Waals surface area (Å²) in [5.74, 6) is 0.266. The fourth-order valence-corrected chi connectivity index (χ4v) is 3.39. The van der Waals surface area contributed by atoms with E-state index in [1.54, 1.807) is 0 Å². The van der Waals surface area contributed by atoms with Gasteiger partial charge in [0.15, 0.2) is 17.4 Å². The van der Waals surface area contributed by atoms with E-state index in [1.807, 2.05) is 11.8 Å². The van der Waals surface area contributed by atoms with E-state index in [4.69, 9.17) is 0 Å². The Labute approximate surface area is 110 Å². The van der Waals surface area contributed by atoms with Crippen LogP contribution in [0.5, 0.6) is 0 Å². The SMILES string of the molecule is Cc1ccc(C(=O)CC2CCSCC2)c(F)c1F. The van der Waals surface area contributed by atoms with E-state index in [0.29, 0.717) is 12.3 Å². The van der Waals surface area contributed by atoms with Gasteiger partial charge in [-0.2, -0.15) is 11.8 Å². The molecule has 0 N–H and O–H groups in total. The number of Topliss-reactive ketones (excluding diaryl/α,β-unsaturated/α-hetero) is 1. The number of carbonyl (C=O) groups is 1. The minimum atomic E-state index is -0.995. The van der Waals surface area contributed by atoms with Crippen LogP contribution in [-0.4, -0.2) is 17.3 Å². The second-order valence-corrected chi connectivity index (χ2v) is 5.97. The first-order valence-electron chi connectivity index (χ1n) is 6.15. The molecule has 1 fully saturated rings. The summed E-state index contributed by atoms with van der Waals surface area (Å²) in [6.45, 7) is 1.49. The molecule has 1 nitrogen and oxygen atoms in total. The van der Waals surface area contributed by atoms with Gasteiger partial charge in [-0.1, -0.05) is 6.07 Å². The lowest BCUT2D eigenvalue weighted by atomic mass is 9.93. The predicted octanol–water partition coefficient (Wildman–Crippen LogP) is 3.99. The molecule has 4 heteroatoms. The maximum absolute atomic E-state index is 13.7. The van der Waals surface area contributed by atoms with Crippen molar-refractivity contribution in [1.82, 2.24) is 0 Å². The third-order valence-electron chi connectivity index (χ3n) is 3.39. The number of hydrogen-bond acceptors (Lipinski definition) is 2. The van der Waals surface area contributed by atoms with Crippen molar-refractivity contribution < 1.29 is 13.6 Å². The van der Waals surface area contributed by atoms with Crippen molar-refractivity contribution in [2.45, 2.75) is 26.2 Å². The molecule has 0 unspecified atom stereocenters. The molecule has 0 saturated carbocycles. The van der Waals surface area contributed by atoms with E-state index in [0.717, 1.165) is 24.3 Å². The highest BCUT2D eigenvalue weighted by Crippen LogP contribution is 2.27. The van der Waals surface area contributed by atoms with E-state index in [9.17, 15) is 13.6 Å². The van der Waals surface area contributed by atoms with E-state index >= 15 is 0 Å². The average Bonchev–Trinajstić information content (AvgIpc) is 2.37. The molecule has 0 bridgehead atoms. The second-order valence-electron chi connectivity index (χ2n) is 4.74. The van der Waals surface area contributed by atoms with Gasteiger partial charge >= 0.3 is 0 Å². The molecule has 1 aromatic carbocycles. The zero-order valence-corrected chi connectivity index (χ0v) is 11.2. The largest absolute Gasteiger partial charge is 0.294 e. The highest BCUT2D eigenvalue weighted by Gasteiger charge is 2.22. The first-order valence-corrected chi connectivity index (χ1v) is 7.30. The summed E-state index contributed by atoms with van der Waals surface area (Å²) in [6.07, 6.45) is 2.32. The van der Waals surface area contributed by atoms with Crippen LogP contribution in [0.25, 0.3) is 0 Å².